The molecule has 2 atom stereocenters. The summed E-state index contributed by atoms with van der Waals surface area (Å²) in [5.74, 6) is 0.318. The number of rotatable bonds is 6. The van der Waals surface area contributed by atoms with Crippen LogP contribution >= 0.6 is 0 Å². The van der Waals surface area contributed by atoms with Crippen molar-refractivity contribution in [1.82, 2.24) is 14.9 Å². The molecule has 2 aliphatic rings. The number of nitrogens with one attached hydrogen (secondary N) is 1. The van der Waals surface area contributed by atoms with Crippen LogP contribution in [0.3, 0.4) is 0 Å². The zero-order valence-electron chi connectivity index (χ0n) is 15.3. The van der Waals surface area contributed by atoms with E-state index in [1.807, 2.05) is 13.8 Å². The molecular weight excluding hydrogens is 356 g/mol. The lowest BCUT2D eigenvalue weighted by molar-refractivity contribution is 0.0702. The van der Waals surface area contributed by atoms with Gasteiger partial charge in [-0.05, 0) is 39.2 Å². The third kappa shape index (κ3) is 4.50. The van der Waals surface area contributed by atoms with Crippen LogP contribution in [0.4, 0.5) is 5.95 Å². The van der Waals surface area contributed by atoms with Gasteiger partial charge in [0.1, 0.15) is 5.69 Å². The van der Waals surface area contributed by atoms with Crippen molar-refractivity contribution in [2.75, 3.05) is 36.5 Å². The third-order valence-corrected chi connectivity index (χ3v) is 6.59. The molecule has 2 unspecified atom stereocenters. The molecule has 8 nitrogen and oxygen atoms in total. The van der Waals surface area contributed by atoms with E-state index in [0.717, 1.165) is 19.4 Å². The summed E-state index contributed by atoms with van der Waals surface area (Å²) in [7, 11) is -3.05. The Bertz CT molecular complexity index is 762. The Morgan fingerprint density at radius 1 is 1.38 bits per heavy atom. The van der Waals surface area contributed by atoms with Crippen molar-refractivity contribution in [3.8, 4) is 0 Å². The van der Waals surface area contributed by atoms with Crippen LogP contribution in [0.15, 0.2) is 6.07 Å². The first kappa shape index (κ1) is 19.0. The maximum absolute atomic E-state index is 12.9. The van der Waals surface area contributed by atoms with Crippen molar-refractivity contribution in [2.24, 2.45) is 0 Å². The van der Waals surface area contributed by atoms with Gasteiger partial charge in [-0.25, -0.2) is 18.4 Å². The van der Waals surface area contributed by atoms with Crippen LogP contribution in [0.5, 0.6) is 0 Å². The Kier molecular flexibility index (Phi) is 5.76. The van der Waals surface area contributed by atoms with Crippen LogP contribution in [-0.2, 0) is 14.6 Å². The number of carbonyl (C=O) groups is 1. The molecule has 2 saturated heterocycles. The topological polar surface area (TPSA) is 101 Å². The quantitative estimate of drug-likeness (QED) is 0.784. The molecule has 1 aromatic heterocycles. The van der Waals surface area contributed by atoms with Gasteiger partial charge >= 0.3 is 0 Å². The normalized spacial score (nSPS) is 24.5. The molecule has 0 bridgehead atoms. The Hall–Kier alpha value is -1.74. The Balaban J connectivity index is 1.73. The molecular formula is C17H26N4O4S. The van der Waals surface area contributed by atoms with Crippen molar-refractivity contribution < 1.29 is 17.9 Å². The molecule has 0 saturated carbocycles. The summed E-state index contributed by atoms with van der Waals surface area (Å²) in [6.45, 7) is 5.50. The monoisotopic (exact) mass is 382 g/mol. The standard InChI is InChI=1S/C17H26N4O4S/c1-3-21(13-6-8-26(23,24)11-13)16(22)15-9-12(2)19-17(20-15)18-10-14-5-4-7-25-14/h9,13-14H,3-8,10-11H2,1-2H3,(H,18,19,20). The van der Waals surface area contributed by atoms with Gasteiger partial charge in [0.2, 0.25) is 5.95 Å². The average Bonchev–Trinajstić information content (AvgIpc) is 3.22. The van der Waals surface area contributed by atoms with Gasteiger partial charge in [-0.2, -0.15) is 0 Å². The first-order chi connectivity index (χ1) is 12.4. The van der Waals surface area contributed by atoms with Crippen LogP contribution in [0.25, 0.3) is 0 Å². The van der Waals surface area contributed by atoms with E-state index >= 15 is 0 Å². The minimum Gasteiger partial charge on any atom is -0.376 e. The van der Waals surface area contributed by atoms with E-state index in [-0.39, 0.29) is 29.6 Å². The van der Waals surface area contributed by atoms with Crippen LogP contribution in [0.2, 0.25) is 0 Å². The smallest absolute Gasteiger partial charge is 0.272 e. The van der Waals surface area contributed by atoms with E-state index < -0.39 is 9.84 Å². The molecule has 2 fully saturated rings. The Morgan fingerprint density at radius 3 is 2.81 bits per heavy atom. The van der Waals surface area contributed by atoms with E-state index in [1.54, 1.807) is 11.0 Å². The highest BCUT2D eigenvalue weighted by molar-refractivity contribution is 7.91. The van der Waals surface area contributed by atoms with E-state index in [2.05, 4.69) is 15.3 Å². The average molecular weight is 382 g/mol. The number of anilines is 1. The minimum absolute atomic E-state index is 0.0285. The van der Waals surface area contributed by atoms with Crippen molar-refractivity contribution >= 4 is 21.7 Å². The zero-order chi connectivity index (χ0) is 18.7. The molecule has 2 aliphatic heterocycles. The lowest BCUT2D eigenvalue weighted by Crippen LogP contribution is -2.41. The van der Waals surface area contributed by atoms with E-state index in [9.17, 15) is 13.2 Å². The Morgan fingerprint density at radius 2 is 2.19 bits per heavy atom. The number of ether oxygens (including phenoxy) is 1. The van der Waals surface area contributed by atoms with Gasteiger partial charge in [0.15, 0.2) is 9.84 Å². The summed E-state index contributed by atoms with van der Waals surface area (Å²) in [6, 6.07) is 1.36. The summed E-state index contributed by atoms with van der Waals surface area (Å²) in [5.41, 5.74) is 0.978. The fraction of sp³-hybridized carbons (Fsp3) is 0.706. The van der Waals surface area contributed by atoms with Gasteiger partial charge in [-0.15, -0.1) is 0 Å². The second-order valence-electron chi connectivity index (χ2n) is 6.88. The molecule has 1 N–H and O–H groups in total. The summed E-state index contributed by atoms with van der Waals surface area (Å²) in [4.78, 5) is 23.2. The third-order valence-electron chi connectivity index (χ3n) is 4.84. The van der Waals surface area contributed by atoms with Crippen LogP contribution < -0.4 is 5.32 Å². The van der Waals surface area contributed by atoms with E-state index in [1.165, 1.54) is 0 Å². The van der Waals surface area contributed by atoms with Gasteiger partial charge in [0, 0.05) is 31.4 Å². The first-order valence-electron chi connectivity index (χ1n) is 9.10. The number of nitrogens with zero attached hydrogens (tertiary/aromatic N) is 3. The number of hydrogen-bond acceptors (Lipinski definition) is 7. The molecule has 0 radical (unpaired) electrons. The minimum atomic E-state index is -3.05. The van der Waals surface area contributed by atoms with Crippen LogP contribution in [0, 0.1) is 6.92 Å². The fourth-order valence-electron chi connectivity index (χ4n) is 3.50. The summed E-state index contributed by atoms with van der Waals surface area (Å²) in [5, 5.41) is 3.15. The van der Waals surface area contributed by atoms with Gasteiger partial charge in [-0.1, -0.05) is 0 Å². The number of aromatic nitrogens is 2. The second kappa shape index (κ2) is 7.87. The number of amides is 1. The zero-order valence-corrected chi connectivity index (χ0v) is 16.1. The molecule has 3 rings (SSSR count). The van der Waals surface area contributed by atoms with Crippen molar-refractivity contribution in [2.45, 2.75) is 45.3 Å². The van der Waals surface area contributed by atoms with Crippen molar-refractivity contribution in [3.63, 3.8) is 0 Å². The number of hydrogen-bond donors (Lipinski definition) is 1. The number of sulfone groups is 1. The summed E-state index contributed by atoms with van der Waals surface area (Å²) in [6.07, 6.45) is 2.69. The molecule has 1 aromatic rings. The lowest BCUT2D eigenvalue weighted by Gasteiger charge is -2.26. The van der Waals surface area contributed by atoms with Gasteiger partial charge in [-0.3, -0.25) is 4.79 Å². The second-order valence-corrected chi connectivity index (χ2v) is 9.11. The van der Waals surface area contributed by atoms with E-state index in [0.29, 0.717) is 36.8 Å². The molecule has 9 heteroatoms. The molecule has 1 amide bonds. The maximum Gasteiger partial charge on any atom is 0.272 e. The molecule has 0 spiro atoms. The van der Waals surface area contributed by atoms with Crippen LogP contribution in [0.1, 0.15) is 42.4 Å². The predicted molar refractivity (Wildman–Crippen MR) is 98.0 cm³/mol. The fourth-order valence-corrected chi connectivity index (χ4v) is 5.23. The number of aryl methyl sites for hydroxylation is 1. The maximum atomic E-state index is 12.9. The van der Waals surface area contributed by atoms with Crippen molar-refractivity contribution in [1.29, 1.82) is 0 Å². The first-order valence-corrected chi connectivity index (χ1v) is 10.9. The van der Waals surface area contributed by atoms with Crippen molar-refractivity contribution in [3.05, 3.63) is 17.5 Å². The van der Waals surface area contributed by atoms with Crippen LogP contribution in [-0.4, -0.2) is 72.5 Å². The Labute approximate surface area is 154 Å². The molecule has 144 valence electrons. The highest BCUT2D eigenvalue weighted by atomic mass is 32.2. The molecule has 26 heavy (non-hydrogen) atoms. The lowest BCUT2D eigenvalue weighted by atomic mass is 10.2. The van der Waals surface area contributed by atoms with Gasteiger partial charge in [0.25, 0.3) is 5.91 Å². The summed E-state index contributed by atoms with van der Waals surface area (Å²) < 4.78 is 29.1. The van der Waals surface area contributed by atoms with Gasteiger partial charge in [0.05, 0.1) is 17.6 Å². The number of carbonyl (C=O) groups excluding carboxylic acids is 1. The highest BCUT2D eigenvalue weighted by Crippen LogP contribution is 2.20. The summed E-state index contributed by atoms with van der Waals surface area (Å²) >= 11 is 0. The molecule has 3 heterocycles. The predicted octanol–water partition coefficient (Wildman–Crippen LogP) is 1.03. The van der Waals surface area contributed by atoms with E-state index in [4.69, 9.17) is 4.74 Å². The van der Waals surface area contributed by atoms with Gasteiger partial charge < -0.3 is 15.0 Å². The molecule has 0 aromatic carbocycles. The highest BCUT2D eigenvalue weighted by Gasteiger charge is 2.34. The SMILES string of the molecule is CCN(C(=O)c1cc(C)nc(NCC2CCCO2)n1)C1CCS(=O)(=O)C1. The molecule has 0 aliphatic carbocycles. The largest absolute Gasteiger partial charge is 0.376 e.